The lowest BCUT2D eigenvalue weighted by Gasteiger charge is -2.59. The molecule has 1 heterocycles. The zero-order valence-electron chi connectivity index (χ0n) is 19.0. The number of hydrogen-bond donors (Lipinski definition) is 3. The third kappa shape index (κ3) is 2.66. The molecule has 0 aromatic rings. The van der Waals surface area contributed by atoms with Crippen molar-refractivity contribution < 1.29 is 34.4 Å². The Balaban J connectivity index is 1.55. The largest absolute Gasteiger partial charge is 0.393 e. The Morgan fingerprint density at radius 3 is 2.78 bits per heavy atom. The van der Waals surface area contributed by atoms with Gasteiger partial charge < -0.3 is 24.8 Å². The molecule has 0 amide bonds. The number of carbonyl (C=O) groups excluding carboxylic acids is 2. The van der Waals surface area contributed by atoms with Gasteiger partial charge in [0, 0.05) is 16.7 Å². The van der Waals surface area contributed by atoms with Crippen LogP contribution in [0.4, 0.5) is 0 Å². The summed E-state index contributed by atoms with van der Waals surface area (Å²) < 4.78 is 12.4. The van der Waals surface area contributed by atoms with Crippen molar-refractivity contribution in [3.63, 3.8) is 0 Å². The first-order valence-corrected chi connectivity index (χ1v) is 11.9. The molecule has 10 atom stereocenters. The molecule has 0 spiro atoms. The molecule has 4 aliphatic carbocycles. The van der Waals surface area contributed by atoms with Crippen LogP contribution in [0.3, 0.4) is 0 Å². The van der Waals surface area contributed by atoms with Gasteiger partial charge >= 0.3 is 0 Å². The highest BCUT2D eigenvalue weighted by molar-refractivity contribution is 6.01. The van der Waals surface area contributed by atoms with E-state index in [4.69, 9.17) is 9.47 Å². The molecule has 3 N–H and O–H groups in total. The van der Waals surface area contributed by atoms with E-state index in [1.807, 2.05) is 19.9 Å². The van der Waals surface area contributed by atoms with E-state index in [0.29, 0.717) is 19.3 Å². The maximum atomic E-state index is 13.3. The number of hydrogen-bond acceptors (Lipinski definition) is 7. The van der Waals surface area contributed by atoms with Gasteiger partial charge in [0.05, 0.1) is 12.2 Å². The number of ketones is 2. The average Bonchev–Trinajstić information content (AvgIpc) is 3.26. The van der Waals surface area contributed by atoms with Crippen LogP contribution < -0.4 is 0 Å². The SMILES string of the molecule is CC[C@@H](O)C1O[C@@H]2C[C@H]3[C@@H]4CCC5=CC(=O)C=C[C@]5(C)[C@H]4[C@@H](O)C[C@]3(C)[C@]2(C(=O)CO)O1. The van der Waals surface area contributed by atoms with Crippen LogP contribution in [0, 0.1) is 28.6 Å². The molecule has 1 aliphatic heterocycles. The van der Waals surface area contributed by atoms with Gasteiger partial charge in [-0.3, -0.25) is 9.59 Å². The molecule has 4 fully saturated rings. The van der Waals surface area contributed by atoms with Gasteiger partial charge in [0.25, 0.3) is 0 Å². The fourth-order valence-corrected chi connectivity index (χ4v) is 8.08. The molecule has 0 radical (unpaired) electrons. The van der Waals surface area contributed by atoms with E-state index in [2.05, 4.69) is 6.92 Å². The van der Waals surface area contributed by atoms with Crippen molar-refractivity contribution in [1.29, 1.82) is 0 Å². The molecular weight excluding hydrogens is 412 g/mol. The first-order valence-electron chi connectivity index (χ1n) is 11.9. The second kappa shape index (κ2) is 7.31. The fraction of sp³-hybridized carbons (Fsp3) is 0.760. The van der Waals surface area contributed by atoms with Crippen molar-refractivity contribution in [2.24, 2.45) is 28.6 Å². The van der Waals surface area contributed by atoms with Crippen LogP contribution in [0.15, 0.2) is 23.8 Å². The van der Waals surface area contributed by atoms with E-state index in [0.717, 1.165) is 18.4 Å². The minimum Gasteiger partial charge on any atom is -0.393 e. The molecule has 3 saturated carbocycles. The second-order valence-electron chi connectivity index (χ2n) is 10.9. The van der Waals surface area contributed by atoms with Gasteiger partial charge in [-0.1, -0.05) is 32.4 Å². The van der Waals surface area contributed by atoms with Gasteiger partial charge in [0.15, 0.2) is 23.5 Å². The molecule has 5 rings (SSSR count). The van der Waals surface area contributed by atoms with Crippen molar-refractivity contribution in [2.45, 2.75) is 83.1 Å². The molecule has 7 nitrogen and oxygen atoms in total. The molecule has 0 aromatic carbocycles. The minimum absolute atomic E-state index is 0.00344. The Kier molecular flexibility index (Phi) is 5.12. The number of fused-ring (bicyclic) bond motifs is 7. The smallest absolute Gasteiger partial charge is 0.193 e. The Bertz CT molecular complexity index is 895. The zero-order chi connectivity index (χ0) is 23.1. The van der Waals surface area contributed by atoms with Crippen LogP contribution in [-0.2, 0) is 19.1 Å². The zero-order valence-corrected chi connectivity index (χ0v) is 19.0. The number of carbonyl (C=O) groups is 2. The van der Waals surface area contributed by atoms with Gasteiger partial charge in [-0.05, 0) is 56.1 Å². The standard InChI is InChI=1S/C25H34O7/c1-4-17(28)22-31-20-10-16-15-6-5-13-9-14(27)7-8-23(13,2)21(15)18(29)11-24(16,3)25(20,32-22)19(30)12-26/h7-9,15-18,20-22,26,28-29H,4-6,10-12H2,1-3H3/t15-,16-,17+,18-,20+,21+,22?,23-,24-,25+/m0/s1. The van der Waals surface area contributed by atoms with Crippen molar-refractivity contribution in [3.05, 3.63) is 23.8 Å². The summed E-state index contributed by atoms with van der Waals surface area (Å²) in [7, 11) is 0. The topological polar surface area (TPSA) is 113 Å². The molecule has 5 aliphatic rings. The molecule has 1 saturated heterocycles. The summed E-state index contributed by atoms with van der Waals surface area (Å²) >= 11 is 0. The third-order valence-corrected chi connectivity index (χ3v) is 9.55. The van der Waals surface area contributed by atoms with Crippen LogP contribution in [0.1, 0.15) is 52.9 Å². The Hall–Kier alpha value is -1.38. The molecule has 0 bridgehead atoms. The normalized spacial score (nSPS) is 50.2. The molecule has 1 unspecified atom stereocenters. The summed E-state index contributed by atoms with van der Waals surface area (Å²) in [6, 6.07) is 0. The maximum Gasteiger partial charge on any atom is 0.193 e. The summed E-state index contributed by atoms with van der Waals surface area (Å²) in [5.41, 5.74) is -1.43. The van der Waals surface area contributed by atoms with Crippen LogP contribution >= 0.6 is 0 Å². The molecule has 176 valence electrons. The second-order valence-corrected chi connectivity index (χ2v) is 10.9. The van der Waals surface area contributed by atoms with E-state index in [-0.39, 0.29) is 23.5 Å². The Morgan fingerprint density at radius 1 is 1.34 bits per heavy atom. The lowest BCUT2D eigenvalue weighted by Crippen LogP contribution is -2.63. The number of ether oxygens (including phenoxy) is 2. The predicted octanol–water partition coefficient (Wildman–Crippen LogP) is 1.69. The molecular formula is C25H34O7. The van der Waals surface area contributed by atoms with Crippen molar-refractivity contribution in [2.75, 3.05) is 6.61 Å². The molecule has 7 heteroatoms. The van der Waals surface area contributed by atoms with E-state index in [1.54, 1.807) is 12.2 Å². The maximum absolute atomic E-state index is 13.3. The van der Waals surface area contributed by atoms with Crippen LogP contribution in [0.25, 0.3) is 0 Å². The summed E-state index contributed by atoms with van der Waals surface area (Å²) in [6.07, 6.45) is 5.18. The van der Waals surface area contributed by atoms with Crippen LogP contribution in [-0.4, -0.2) is 63.7 Å². The first kappa shape index (κ1) is 22.4. The summed E-state index contributed by atoms with van der Waals surface area (Å²) in [5.74, 6) is -0.326. The van der Waals surface area contributed by atoms with Crippen molar-refractivity contribution >= 4 is 11.6 Å². The van der Waals surface area contributed by atoms with Gasteiger partial charge in [-0.2, -0.15) is 0 Å². The number of rotatable bonds is 4. The highest BCUT2D eigenvalue weighted by atomic mass is 16.8. The van der Waals surface area contributed by atoms with Gasteiger partial charge in [0.2, 0.25) is 0 Å². The van der Waals surface area contributed by atoms with E-state index < -0.39 is 53.4 Å². The number of allylic oxidation sites excluding steroid dienone is 4. The van der Waals surface area contributed by atoms with Gasteiger partial charge in [0.1, 0.15) is 12.7 Å². The summed E-state index contributed by atoms with van der Waals surface area (Å²) in [6.45, 7) is 5.25. The van der Waals surface area contributed by atoms with Crippen LogP contribution in [0.5, 0.6) is 0 Å². The number of aliphatic hydroxyl groups excluding tert-OH is 3. The monoisotopic (exact) mass is 446 g/mol. The summed E-state index contributed by atoms with van der Waals surface area (Å²) in [5, 5.41) is 31.8. The lowest BCUT2D eigenvalue weighted by molar-refractivity contribution is -0.215. The fourth-order valence-electron chi connectivity index (χ4n) is 8.08. The molecule has 32 heavy (non-hydrogen) atoms. The van der Waals surface area contributed by atoms with Crippen LogP contribution in [0.2, 0.25) is 0 Å². The quantitative estimate of drug-likeness (QED) is 0.602. The van der Waals surface area contributed by atoms with Gasteiger partial charge in [-0.15, -0.1) is 0 Å². The highest BCUT2D eigenvalue weighted by Crippen LogP contribution is 2.69. The van der Waals surface area contributed by atoms with E-state index in [9.17, 15) is 24.9 Å². The molecule has 0 aromatic heterocycles. The average molecular weight is 447 g/mol. The van der Waals surface area contributed by atoms with E-state index in [1.165, 1.54) is 0 Å². The number of aliphatic hydroxyl groups is 3. The third-order valence-electron chi connectivity index (χ3n) is 9.55. The minimum atomic E-state index is -1.38. The Labute approximate surface area is 188 Å². The summed E-state index contributed by atoms with van der Waals surface area (Å²) in [4.78, 5) is 25.2. The first-order chi connectivity index (χ1) is 15.1. The van der Waals surface area contributed by atoms with Gasteiger partial charge in [-0.25, -0.2) is 0 Å². The van der Waals surface area contributed by atoms with E-state index >= 15 is 0 Å². The van der Waals surface area contributed by atoms with Crippen molar-refractivity contribution in [1.82, 2.24) is 0 Å². The predicted molar refractivity (Wildman–Crippen MR) is 114 cm³/mol. The lowest BCUT2D eigenvalue weighted by atomic mass is 9.46. The Morgan fingerprint density at radius 2 is 2.09 bits per heavy atom. The van der Waals surface area contributed by atoms with Crippen molar-refractivity contribution in [3.8, 4) is 0 Å². The highest BCUT2D eigenvalue weighted by Gasteiger charge is 2.76. The number of Topliss-reactive ketones (excluding diaryl/α,β-unsaturated/α-hetero) is 1.